The van der Waals surface area contributed by atoms with Crippen molar-refractivity contribution in [2.45, 2.75) is 32.8 Å². The Morgan fingerprint density at radius 3 is 2.72 bits per heavy atom. The average Bonchev–Trinajstić information content (AvgIpc) is 2.79. The number of hydrogen-bond acceptors (Lipinski definition) is 4. The smallest absolute Gasteiger partial charge is 0.324 e. The lowest BCUT2D eigenvalue weighted by Crippen LogP contribution is -2.32. The van der Waals surface area contributed by atoms with Crippen LogP contribution >= 0.6 is 0 Å². The van der Waals surface area contributed by atoms with Gasteiger partial charge in [-0.25, -0.2) is 0 Å². The van der Waals surface area contributed by atoms with Gasteiger partial charge in [0.05, 0.1) is 7.11 Å². The van der Waals surface area contributed by atoms with E-state index in [1.807, 2.05) is 13.8 Å². The fourth-order valence-corrected chi connectivity index (χ4v) is 4.28. The van der Waals surface area contributed by atoms with Gasteiger partial charge < -0.3 is 9.47 Å². The van der Waals surface area contributed by atoms with Gasteiger partial charge in [-0.3, -0.25) is 9.59 Å². The third kappa shape index (κ3) is 0.953. The lowest BCUT2D eigenvalue weighted by Gasteiger charge is -2.32. The highest BCUT2D eigenvalue weighted by atomic mass is 16.6. The summed E-state index contributed by atoms with van der Waals surface area (Å²) in [6.45, 7) is 7.97. The van der Waals surface area contributed by atoms with E-state index in [4.69, 9.17) is 9.47 Å². The van der Waals surface area contributed by atoms with E-state index in [1.54, 1.807) is 0 Å². The van der Waals surface area contributed by atoms with Crippen LogP contribution in [0.5, 0.6) is 0 Å². The monoisotopic (exact) mass is 250 g/mol. The quantitative estimate of drug-likeness (QED) is 0.425. The van der Waals surface area contributed by atoms with Gasteiger partial charge in [-0.05, 0) is 31.6 Å². The van der Waals surface area contributed by atoms with Gasteiger partial charge in [-0.1, -0.05) is 19.1 Å². The summed E-state index contributed by atoms with van der Waals surface area (Å²) in [5.74, 6) is -0.413. The molecule has 0 spiro atoms. The molecule has 0 amide bonds. The number of ether oxygens (including phenoxy) is 2. The van der Waals surface area contributed by atoms with Crippen molar-refractivity contribution in [2.75, 3.05) is 7.11 Å². The molecule has 2 saturated carbocycles. The Balaban J connectivity index is 2.01. The number of rotatable bonds is 2. The van der Waals surface area contributed by atoms with Gasteiger partial charge in [-0.2, -0.15) is 0 Å². The van der Waals surface area contributed by atoms with Crippen LogP contribution in [-0.2, 0) is 19.1 Å². The van der Waals surface area contributed by atoms with Crippen LogP contribution in [0.1, 0.15) is 26.7 Å². The van der Waals surface area contributed by atoms with Crippen LogP contribution in [0.3, 0.4) is 0 Å². The van der Waals surface area contributed by atoms with Gasteiger partial charge in [0.25, 0.3) is 0 Å². The molecule has 1 heterocycles. The minimum absolute atomic E-state index is 0.0548. The molecule has 0 unspecified atom stereocenters. The minimum Gasteiger partial charge on any atom is -0.468 e. The number of carbonyl (C=O) groups is 2. The first-order valence-corrected chi connectivity index (χ1v) is 6.35. The molecule has 0 radical (unpaired) electrons. The van der Waals surface area contributed by atoms with E-state index in [1.165, 1.54) is 7.11 Å². The Labute approximate surface area is 106 Å². The molecule has 2 aliphatic carbocycles. The zero-order valence-corrected chi connectivity index (χ0v) is 11.0. The van der Waals surface area contributed by atoms with Gasteiger partial charge in [-0.15, -0.1) is 0 Å². The predicted molar refractivity (Wildman–Crippen MR) is 63.5 cm³/mol. The standard InChI is InChI=1S/C14H18O4/c1-7(2)8-5-9-13(3)10(6-8)18-12(16)14(9,13)11(15)17-4/h8-10H,1,5-6H2,2-4H3/t8-,9-,10+,13-,14-/m0/s1. The Hall–Kier alpha value is -1.32. The second-order valence-corrected chi connectivity index (χ2v) is 6.04. The molecular weight excluding hydrogens is 232 g/mol. The summed E-state index contributed by atoms with van der Waals surface area (Å²) < 4.78 is 10.3. The summed E-state index contributed by atoms with van der Waals surface area (Å²) in [4.78, 5) is 24.2. The number of methoxy groups -OCH3 is 1. The second-order valence-electron chi connectivity index (χ2n) is 6.04. The minimum atomic E-state index is -1.03. The molecule has 4 heteroatoms. The maximum absolute atomic E-state index is 12.1. The molecule has 0 bridgehead atoms. The Morgan fingerprint density at radius 2 is 2.17 bits per heavy atom. The summed E-state index contributed by atoms with van der Waals surface area (Å²) >= 11 is 0. The maximum atomic E-state index is 12.1. The third-order valence-electron chi connectivity index (χ3n) is 5.48. The van der Waals surface area contributed by atoms with Crippen molar-refractivity contribution in [3.05, 3.63) is 12.2 Å². The van der Waals surface area contributed by atoms with Crippen molar-refractivity contribution >= 4 is 11.9 Å². The number of hydrogen-bond donors (Lipinski definition) is 0. The van der Waals surface area contributed by atoms with Crippen molar-refractivity contribution < 1.29 is 19.1 Å². The second kappa shape index (κ2) is 3.16. The van der Waals surface area contributed by atoms with Crippen LogP contribution in [0.15, 0.2) is 12.2 Å². The lowest BCUT2D eigenvalue weighted by molar-refractivity contribution is -0.162. The molecule has 1 aliphatic heterocycles. The Kier molecular flexibility index (Phi) is 2.07. The van der Waals surface area contributed by atoms with E-state index in [9.17, 15) is 9.59 Å². The number of carbonyl (C=O) groups excluding carboxylic acids is 2. The molecule has 0 N–H and O–H groups in total. The summed E-state index contributed by atoms with van der Waals surface area (Å²) in [6, 6.07) is 0. The van der Waals surface area contributed by atoms with Gasteiger partial charge in [0.2, 0.25) is 0 Å². The number of allylic oxidation sites excluding steroid dienone is 1. The van der Waals surface area contributed by atoms with Crippen LogP contribution < -0.4 is 0 Å². The first-order chi connectivity index (χ1) is 8.40. The number of fused-ring (bicyclic) bond motifs is 1. The van der Waals surface area contributed by atoms with Gasteiger partial charge in [0.1, 0.15) is 6.10 Å². The van der Waals surface area contributed by atoms with E-state index in [0.29, 0.717) is 5.92 Å². The normalized spacial score (nSPS) is 48.2. The van der Waals surface area contributed by atoms with E-state index in [-0.39, 0.29) is 23.4 Å². The van der Waals surface area contributed by atoms with E-state index in [2.05, 4.69) is 6.58 Å². The fraction of sp³-hybridized carbons (Fsp3) is 0.714. The van der Waals surface area contributed by atoms with E-state index >= 15 is 0 Å². The Bertz CT molecular complexity index is 458. The Morgan fingerprint density at radius 1 is 1.50 bits per heavy atom. The van der Waals surface area contributed by atoms with Crippen molar-refractivity contribution in [1.82, 2.24) is 0 Å². The van der Waals surface area contributed by atoms with Crippen LogP contribution in [0.25, 0.3) is 0 Å². The molecule has 4 nitrogen and oxygen atoms in total. The fourth-order valence-electron chi connectivity index (χ4n) is 4.28. The van der Waals surface area contributed by atoms with Crippen molar-refractivity contribution in [2.24, 2.45) is 22.7 Å². The highest BCUT2D eigenvalue weighted by Crippen LogP contribution is 2.80. The molecule has 5 atom stereocenters. The highest BCUT2D eigenvalue weighted by molar-refractivity contribution is 6.07. The molecule has 1 saturated heterocycles. The molecular formula is C14H18O4. The molecule has 3 fully saturated rings. The average molecular weight is 250 g/mol. The summed E-state index contributed by atoms with van der Waals surface area (Å²) in [5, 5.41) is 0. The van der Waals surface area contributed by atoms with E-state index < -0.39 is 11.4 Å². The molecule has 98 valence electrons. The molecule has 18 heavy (non-hydrogen) atoms. The van der Waals surface area contributed by atoms with Crippen LogP contribution in [0.2, 0.25) is 0 Å². The van der Waals surface area contributed by atoms with Crippen LogP contribution in [0, 0.1) is 22.7 Å². The molecule has 3 rings (SSSR count). The molecule has 0 aromatic heterocycles. The first-order valence-electron chi connectivity index (χ1n) is 6.35. The van der Waals surface area contributed by atoms with Crippen LogP contribution in [0.4, 0.5) is 0 Å². The molecule has 3 aliphatic rings. The zero-order valence-electron chi connectivity index (χ0n) is 11.0. The zero-order chi connectivity index (χ0) is 13.3. The SMILES string of the molecule is C=C(C)[C@H]1C[C@@H]2[C@]3(C(=O)OC)C(=O)O[C@H](C1)[C@]23C. The van der Waals surface area contributed by atoms with Crippen molar-refractivity contribution in [3.63, 3.8) is 0 Å². The van der Waals surface area contributed by atoms with Gasteiger partial charge in [0.15, 0.2) is 5.41 Å². The van der Waals surface area contributed by atoms with Crippen LogP contribution in [-0.4, -0.2) is 25.2 Å². The van der Waals surface area contributed by atoms with Gasteiger partial charge >= 0.3 is 11.9 Å². The summed E-state index contributed by atoms with van der Waals surface area (Å²) in [6.07, 6.45) is 1.46. The summed E-state index contributed by atoms with van der Waals surface area (Å²) in [5.41, 5.74) is -0.287. The topological polar surface area (TPSA) is 52.6 Å². The van der Waals surface area contributed by atoms with Crippen molar-refractivity contribution in [1.29, 1.82) is 0 Å². The van der Waals surface area contributed by atoms with E-state index in [0.717, 1.165) is 18.4 Å². The lowest BCUT2D eigenvalue weighted by atomic mass is 9.78. The first kappa shape index (κ1) is 11.8. The predicted octanol–water partition coefficient (Wildman–Crippen LogP) is 1.69. The molecule has 0 aromatic carbocycles. The maximum Gasteiger partial charge on any atom is 0.324 e. The number of esters is 2. The van der Waals surface area contributed by atoms with Gasteiger partial charge in [0, 0.05) is 5.41 Å². The highest BCUT2D eigenvalue weighted by Gasteiger charge is 2.91. The van der Waals surface area contributed by atoms with Crippen molar-refractivity contribution in [3.8, 4) is 0 Å². The largest absolute Gasteiger partial charge is 0.468 e. The summed E-state index contributed by atoms with van der Waals surface area (Å²) in [7, 11) is 1.33. The molecule has 0 aromatic rings. The third-order valence-corrected chi connectivity index (χ3v) is 5.48.